The van der Waals surface area contributed by atoms with Crippen molar-refractivity contribution in [3.05, 3.63) is 58.9 Å². The molecular formula is C20H22N4. The van der Waals surface area contributed by atoms with Crippen molar-refractivity contribution in [3.8, 4) is 0 Å². The number of hydrogen-bond acceptors (Lipinski definition) is 2. The fraction of sp³-hybridized carbons (Fsp3) is 0.300. The van der Waals surface area contributed by atoms with E-state index in [2.05, 4.69) is 66.1 Å². The Morgan fingerprint density at radius 3 is 2.67 bits per heavy atom. The van der Waals surface area contributed by atoms with Gasteiger partial charge in [0.25, 0.3) is 0 Å². The van der Waals surface area contributed by atoms with Crippen LogP contribution in [-0.4, -0.2) is 19.6 Å². The second-order valence-electron chi connectivity index (χ2n) is 6.70. The third kappa shape index (κ3) is 2.39. The molecule has 0 aliphatic heterocycles. The minimum atomic E-state index is 0.888. The summed E-state index contributed by atoms with van der Waals surface area (Å²) >= 11 is 0. The van der Waals surface area contributed by atoms with Gasteiger partial charge in [0.15, 0.2) is 0 Å². The molecule has 0 spiro atoms. The molecule has 0 aliphatic carbocycles. The summed E-state index contributed by atoms with van der Waals surface area (Å²) < 4.78 is 4.00. The molecule has 4 aromatic rings. The molecule has 122 valence electrons. The van der Waals surface area contributed by atoms with Gasteiger partial charge in [0, 0.05) is 30.6 Å². The second-order valence-corrected chi connectivity index (χ2v) is 6.70. The number of rotatable bonds is 3. The molecule has 2 heterocycles. The van der Waals surface area contributed by atoms with Gasteiger partial charge in [-0.15, -0.1) is 0 Å². The highest BCUT2D eigenvalue weighted by Gasteiger charge is 2.09. The van der Waals surface area contributed by atoms with E-state index in [1.807, 2.05) is 17.9 Å². The van der Waals surface area contributed by atoms with Crippen LogP contribution >= 0.6 is 0 Å². The Bertz CT molecular complexity index is 1050. The van der Waals surface area contributed by atoms with Gasteiger partial charge in [-0.1, -0.05) is 6.07 Å². The molecule has 0 unspecified atom stereocenters. The van der Waals surface area contributed by atoms with Crippen molar-refractivity contribution < 1.29 is 0 Å². The highest BCUT2D eigenvalue weighted by atomic mass is 15.3. The van der Waals surface area contributed by atoms with Crippen LogP contribution in [-0.2, 0) is 20.0 Å². The van der Waals surface area contributed by atoms with Crippen molar-refractivity contribution >= 4 is 21.8 Å². The summed E-state index contributed by atoms with van der Waals surface area (Å²) in [4.78, 5) is 0. The van der Waals surface area contributed by atoms with Crippen LogP contribution in [0.2, 0.25) is 0 Å². The molecule has 0 amide bonds. The van der Waals surface area contributed by atoms with E-state index in [1.165, 1.54) is 38.5 Å². The van der Waals surface area contributed by atoms with E-state index in [4.69, 9.17) is 0 Å². The normalized spacial score (nSPS) is 11.7. The minimum absolute atomic E-state index is 0.888. The van der Waals surface area contributed by atoms with Crippen LogP contribution in [0.3, 0.4) is 0 Å². The molecule has 0 fully saturated rings. The summed E-state index contributed by atoms with van der Waals surface area (Å²) in [6.45, 7) is 7.39. The average Bonchev–Trinajstić information content (AvgIpc) is 3.11. The van der Waals surface area contributed by atoms with Crippen LogP contribution in [0.15, 0.2) is 36.7 Å². The maximum absolute atomic E-state index is 4.59. The van der Waals surface area contributed by atoms with Crippen molar-refractivity contribution in [3.63, 3.8) is 0 Å². The van der Waals surface area contributed by atoms with Crippen LogP contribution < -0.4 is 0 Å². The van der Waals surface area contributed by atoms with Crippen LogP contribution in [0.1, 0.15) is 22.3 Å². The van der Waals surface area contributed by atoms with Crippen LogP contribution in [0.5, 0.6) is 0 Å². The van der Waals surface area contributed by atoms with Crippen molar-refractivity contribution in [1.29, 1.82) is 0 Å². The predicted octanol–water partition coefficient (Wildman–Crippen LogP) is 4.09. The average molecular weight is 318 g/mol. The van der Waals surface area contributed by atoms with Gasteiger partial charge < -0.3 is 0 Å². The first-order valence-electron chi connectivity index (χ1n) is 8.37. The molecule has 0 saturated carbocycles. The standard InChI is InChI=1S/C20H22N4/c1-13-9-17-11-21-24(20(17)10-14(13)2)8-7-16-5-6-19-18(15(16)3)12-23(4)22-19/h5-6,9-12H,7-8H2,1-4H3. The molecule has 0 saturated heterocycles. The van der Waals surface area contributed by atoms with E-state index in [0.717, 1.165) is 18.5 Å². The number of aromatic nitrogens is 4. The fourth-order valence-electron chi connectivity index (χ4n) is 3.41. The van der Waals surface area contributed by atoms with Gasteiger partial charge in [-0.25, -0.2) is 0 Å². The summed E-state index contributed by atoms with van der Waals surface area (Å²) in [5.74, 6) is 0. The Morgan fingerprint density at radius 2 is 1.83 bits per heavy atom. The maximum atomic E-state index is 4.59. The molecule has 2 aromatic heterocycles. The van der Waals surface area contributed by atoms with E-state index in [0.29, 0.717) is 0 Å². The summed E-state index contributed by atoms with van der Waals surface area (Å²) in [7, 11) is 1.97. The van der Waals surface area contributed by atoms with Gasteiger partial charge >= 0.3 is 0 Å². The zero-order valence-electron chi connectivity index (χ0n) is 14.7. The number of nitrogens with zero attached hydrogens (tertiary/aromatic N) is 4. The lowest BCUT2D eigenvalue weighted by molar-refractivity contribution is 0.634. The van der Waals surface area contributed by atoms with Crippen molar-refractivity contribution in [1.82, 2.24) is 19.6 Å². The first kappa shape index (κ1) is 14.9. The molecule has 24 heavy (non-hydrogen) atoms. The number of fused-ring (bicyclic) bond motifs is 2. The molecule has 0 aliphatic rings. The Labute approximate surface area is 141 Å². The third-order valence-electron chi connectivity index (χ3n) is 5.04. The van der Waals surface area contributed by atoms with Crippen molar-refractivity contribution in [2.75, 3.05) is 0 Å². The van der Waals surface area contributed by atoms with E-state index in [9.17, 15) is 0 Å². The Kier molecular flexibility index (Phi) is 3.41. The maximum Gasteiger partial charge on any atom is 0.0926 e. The quantitative estimate of drug-likeness (QED) is 0.570. The van der Waals surface area contributed by atoms with E-state index in [-0.39, 0.29) is 0 Å². The van der Waals surface area contributed by atoms with E-state index >= 15 is 0 Å². The summed E-state index contributed by atoms with van der Waals surface area (Å²) in [5.41, 5.74) is 7.61. The molecule has 4 heteroatoms. The van der Waals surface area contributed by atoms with E-state index in [1.54, 1.807) is 0 Å². The van der Waals surface area contributed by atoms with Gasteiger partial charge in [-0.3, -0.25) is 9.36 Å². The minimum Gasteiger partial charge on any atom is -0.275 e. The third-order valence-corrected chi connectivity index (χ3v) is 5.04. The molecular weight excluding hydrogens is 296 g/mol. The Hall–Kier alpha value is -2.62. The molecule has 0 N–H and O–H groups in total. The van der Waals surface area contributed by atoms with E-state index < -0.39 is 0 Å². The Morgan fingerprint density at radius 1 is 1.04 bits per heavy atom. The summed E-state index contributed by atoms with van der Waals surface area (Å²) in [6, 6.07) is 8.79. The lowest BCUT2D eigenvalue weighted by Gasteiger charge is -2.09. The summed E-state index contributed by atoms with van der Waals surface area (Å²) in [5, 5.41) is 11.5. The number of benzene rings is 2. The van der Waals surface area contributed by atoms with Gasteiger partial charge in [-0.05, 0) is 67.6 Å². The predicted molar refractivity (Wildman–Crippen MR) is 98.4 cm³/mol. The topological polar surface area (TPSA) is 35.6 Å². The van der Waals surface area contributed by atoms with Crippen molar-refractivity contribution in [2.24, 2.45) is 7.05 Å². The molecule has 0 bridgehead atoms. The van der Waals surface area contributed by atoms with Gasteiger partial charge in [0.2, 0.25) is 0 Å². The van der Waals surface area contributed by atoms with Crippen molar-refractivity contribution in [2.45, 2.75) is 33.7 Å². The molecule has 4 nitrogen and oxygen atoms in total. The SMILES string of the molecule is Cc1cc2cnn(CCc3ccc4nn(C)cc4c3C)c2cc1C. The van der Waals surface area contributed by atoms with Crippen LogP contribution in [0, 0.1) is 20.8 Å². The van der Waals surface area contributed by atoms with Gasteiger partial charge in [-0.2, -0.15) is 10.2 Å². The summed E-state index contributed by atoms with van der Waals surface area (Å²) in [6.07, 6.45) is 5.04. The first-order valence-corrected chi connectivity index (χ1v) is 8.37. The molecule has 4 rings (SSSR count). The number of hydrogen-bond donors (Lipinski definition) is 0. The second kappa shape index (κ2) is 5.48. The Balaban J connectivity index is 1.65. The zero-order valence-corrected chi connectivity index (χ0v) is 14.7. The monoisotopic (exact) mass is 318 g/mol. The first-order chi connectivity index (χ1) is 11.5. The smallest absolute Gasteiger partial charge is 0.0926 e. The fourth-order valence-corrected chi connectivity index (χ4v) is 3.41. The molecule has 2 aromatic carbocycles. The lowest BCUT2D eigenvalue weighted by Crippen LogP contribution is -2.04. The van der Waals surface area contributed by atoms with Crippen LogP contribution in [0.25, 0.3) is 21.8 Å². The molecule has 0 atom stereocenters. The lowest BCUT2D eigenvalue weighted by atomic mass is 10.0. The zero-order chi connectivity index (χ0) is 16.8. The largest absolute Gasteiger partial charge is 0.275 e. The van der Waals surface area contributed by atoms with Gasteiger partial charge in [0.05, 0.1) is 17.2 Å². The highest BCUT2D eigenvalue weighted by Crippen LogP contribution is 2.23. The van der Waals surface area contributed by atoms with Crippen LogP contribution in [0.4, 0.5) is 0 Å². The number of aryl methyl sites for hydroxylation is 6. The molecule has 0 radical (unpaired) electrons. The van der Waals surface area contributed by atoms with Gasteiger partial charge in [0.1, 0.15) is 0 Å². The highest BCUT2D eigenvalue weighted by molar-refractivity contribution is 5.83.